The molecule has 1 amide bonds. The number of pyridine rings is 1. The van der Waals surface area contributed by atoms with E-state index >= 15 is 0 Å². The second-order valence-corrected chi connectivity index (χ2v) is 9.55. The second-order valence-electron chi connectivity index (χ2n) is 9.55. The van der Waals surface area contributed by atoms with Crippen molar-refractivity contribution in [1.82, 2.24) is 20.0 Å². The van der Waals surface area contributed by atoms with Gasteiger partial charge in [-0.2, -0.15) is 4.98 Å². The molecule has 4 aromatic rings. The van der Waals surface area contributed by atoms with Crippen LogP contribution in [0, 0.1) is 6.92 Å². The van der Waals surface area contributed by atoms with Crippen molar-refractivity contribution in [2.24, 2.45) is 0 Å². The van der Waals surface area contributed by atoms with Crippen LogP contribution < -0.4 is 10.6 Å². The van der Waals surface area contributed by atoms with Gasteiger partial charge in [-0.15, -0.1) is 0 Å². The minimum Gasteiger partial charge on any atom is -0.394 e. The summed E-state index contributed by atoms with van der Waals surface area (Å²) in [6, 6.07) is 17.0. The molecule has 0 saturated carbocycles. The highest BCUT2D eigenvalue weighted by molar-refractivity contribution is 6.00. The van der Waals surface area contributed by atoms with Gasteiger partial charge in [-0.3, -0.25) is 4.79 Å². The van der Waals surface area contributed by atoms with Gasteiger partial charge in [0.2, 0.25) is 0 Å². The molecule has 0 unspecified atom stereocenters. The molecule has 0 saturated heterocycles. The topological polar surface area (TPSA) is 116 Å². The number of hydrogen-bond acceptors (Lipinski definition) is 8. The molecule has 0 bridgehead atoms. The van der Waals surface area contributed by atoms with Crippen LogP contribution in [0.2, 0.25) is 0 Å². The lowest BCUT2D eigenvalue weighted by molar-refractivity contribution is 0.0635. The summed E-state index contributed by atoms with van der Waals surface area (Å²) in [5, 5.41) is 20.8. The third kappa shape index (κ3) is 4.53. The molecular weight excluding hydrogens is 468 g/mol. The van der Waals surface area contributed by atoms with Crippen molar-refractivity contribution in [1.29, 1.82) is 0 Å². The normalized spacial score (nSPS) is 14.9. The van der Waals surface area contributed by atoms with Crippen LogP contribution in [0.15, 0.2) is 65.3 Å². The number of carbonyl (C=O) groups excluding carboxylic acids is 1. The Labute approximate surface area is 215 Å². The fourth-order valence-electron chi connectivity index (χ4n) is 4.87. The van der Waals surface area contributed by atoms with Crippen molar-refractivity contribution in [3.8, 4) is 11.5 Å². The van der Waals surface area contributed by atoms with Crippen LogP contribution in [-0.4, -0.2) is 44.2 Å². The number of aliphatic hydroxyl groups excluding tert-OH is 1. The molecule has 190 valence electrons. The molecular formula is C28H30N6O3. The van der Waals surface area contributed by atoms with Crippen molar-refractivity contribution < 1.29 is 14.4 Å². The van der Waals surface area contributed by atoms with E-state index in [4.69, 9.17) is 4.52 Å². The Morgan fingerprint density at radius 1 is 1.11 bits per heavy atom. The Hall–Kier alpha value is -4.24. The van der Waals surface area contributed by atoms with Gasteiger partial charge in [0.05, 0.1) is 29.4 Å². The Morgan fingerprint density at radius 3 is 2.57 bits per heavy atom. The highest BCUT2D eigenvalue weighted by atomic mass is 16.5. The first-order valence-electron chi connectivity index (χ1n) is 12.3. The quantitative estimate of drug-likeness (QED) is 0.309. The molecule has 3 heterocycles. The molecule has 0 spiro atoms. The van der Waals surface area contributed by atoms with Gasteiger partial charge in [0.1, 0.15) is 5.82 Å². The second kappa shape index (κ2) is 9.67. The first-order chi connectivity index (χ1) is 17.8. The molecule has 0 aliphatic carbocycles. The minimum absolute atomic E-state index is 0.0498. The summed E-state index contributed by atoms with van der Waals surface area (Å²) in [6.45, 7) is 8.39. The Kier molecular flexibility index (Phi) is 6.39. The molecule has 1 atom stereocenters. The third-order valence-electron chi connectivity index (χ3n) is 6.79. The first-order valence-corrected chi connectivity index (χ1v) is 12.3. The summed E-state index contributed by atoms with van der Waals surface area (Å²) in [5.41, 5.74) is 4.36. The van der Waals surface area contributed by atoms with Gasteiger partial charge in [-0.05, 0) is 57.0 Å². The third-order valence-corrected chi connectivity index (χ3v) is 6.79. The van der Waals surface area contributed by atoms with E-state index < -0.39 is 5.54 Å². The number of aliphatic hydroxyl groups is 1. The average Bonchev–Trinajstić information content (AvgIpc) is 3.41. The van der Waals surface area contributed by atoms with Crippen LogP contribution in [0.25, 0.3) is 11.5 Å². The zero-order chi connectivity index (χ0) is 26.2. The Bertz CT molecular complexity index is 1430. The number of hydrogen-bond donors (Lipinski definition) is 3. The lowest BCUT2D eigenvalue weighted by Crippen LogP contribution is -2.38. The number of nitrogens with one attached hydrogen (secondary N) is 2. The number of carbonyl (C=O) groups is 1. The van der Waals surface area contributed by atoms with Gasteiger partial charge in [-0.25, -0.2) is 4.98 Å². The van der Waals surface area contributed by atoms with E-state index in [1.807, 2.05) is 66.4 Å². The van der Waals surface area contributed by atoms with Crippen molar-refractivity contribution in [3.05, 3.63) is 83.3 Å². The van der Waals surface area contributed by atoms with Gasteiger partial charge in [-0.1, -0.05) is 35.5 Å². The van der Waals surface area contributed by atoms with Gasteiger partial charge in [0.15, 0.2) is 5.82 Å². The van der Waals surface area contributed by atoms with E-state index in [9.17, 15) is 9.90 Å². The maximum absolute atomic E-state index is 12.8. The van der Waals surface area contributed by atoms with Crippen LogP contribution in [0.1, 0.15) is 54.1 Å². The average molecular weight is 499 g/mol. The number of benzene rings is 2. The number of rotatable bonds is 8. The number of aromatic nitrogens is 3. The first kappa shape index (κ1) is 24.5. The number of anilines is 3. The molecule has 0 fully saturated rings. The lowest BCUT2D eigenvalue weighted by atomic mass is 9.93. The molecule has 3 N–H and O–H groups in total. The predicted molar refractivity (Wildman–Crippen MR) is 142 cm³/mol. The maximum Gasteiger partial charge on any atom is 0.261 e. The van der Waals surface area contributed by atoms with E-state index in [2.05, 4.69) is 39.6 Å². The van der Waals surface area contributed by atoms with Crippen molar-refractivity contribution >= 4 is 23.1 Å². The zero-order valence-corrected chi connectivity index (χ0v) is 21.3. The SMILES string of the molecule is CCN1C(=O)c2ccc(Nc3cc(N[C@H](CO)c4ccccc4)c(-c4nc(C)no4)cn3)cc2C1(C)C. The number of fused-ring (bicyclic) bond motifs is 1. The highest BCUT2D eigenvalue weighted by Crippen LogP contribution is 2.40. The molecule has 37 heavy (non-hydrogen) atoms. The molecule has 2 aromatic heterocycles. The van der Waals surface area contributed by atoms with Crippen molar-refractivity contribution in [2.45, 2.75) is 39.3 Å². The molecule has 9 heteroatoms. The van der Waals surface area contributed by atoms with E-state index in [1.165, 1.54) is 0 Å². The highest BCUT2D eigenvalue weighted by Gasteiger charge is 2.41. The summed E-state index contributed by atoms with van der Waals surface area (Å²) in [6.07, 6.45) is 1.66. The summed E-state index contributed by atoms with van der Waals surface area (Å²) in [7, 11) is 0. The molecule has 5 rings (SSSR count). The largest absolute Gasteiger partial charge is 0.394 e. The predicted octanol–water partition coefficient (Wildman–Crippen LogP) is 5.04. The Balaban J connectivity index is 1.49. The number of aryl methyl sites for hydroxylation is 1. The molecule has 9 nitrogen and oxygen atoms in total. The van der Waals surface area contributed by atoms with Gasteiger partial charge < -0.3 is 25.2 Å². The van der Waals surface area contributed by atoms with Crippen LogP contribution >= 0.6 is 0 Å². The van der Waals surface area contributed by atoms with Crippen LogP contribution in [0.3, 0.4) is 0 Å². The van der Waals surface area contributed by atoms with E-state index in [0.29, 0.717) is 35.3 Å². The standard InChI is InChI=1S/C28H30N6O3/c1-5-34-27(36)20-12-11-19(13-22(20)28(34,3)4)31-25-14-23(21(15-29-25)26-30-17(2)33-37-26)32-24(16-35)18-9-7-6-8-10-18/h6-15,24,35H,5,16H2,1-4H3,(H2,29,31,32)/t24-/m1/s1. The Morgan fingerprint density at radius 2 is 1.89 bits per heavy atom. The van der Waals surface area contributed by atoms with Crippen LogP contribution in [-0.2, 0) is 5.54 Å². The van der Waals surface area contributed by atoms with Crippen LogP contribution in [0.4, 0.5) is 17.2 Å². The molecule has 0 radical (unpaired) electrons. The maximum atomic E-state index is 12.8. The monoisotopic (exact) mass is 498 g/mol. The van der Waals surface area contributed by atoms with Crippen molar-refractivity contribution in [3.63, 3.8) is 0 Å². The van der Waals surface area contributed by atoms with Crippen molar-refractivity contribution in [2.75, 3.05) is 23.8 Å². The summed E-state index contributed by atoms with van der Waals surface area (Å²) >= 11 is 0. The van der Waals surface area contributed by atoms with Gasteiger partial charge in [0.25, 0.3) is 11.8 Å². The van der Waals surface area contributed by atoms with Crippen LogP contribution in [0.5, 0.6) is 0 Å². The van der Waals surface area contributed by atoms with E-state index in [1.54, 1.807) is 13.1 Å². The number of nitrogens with zero attached hydrogens (tertiary/aromatic N) is 4. The number of amides is 1. The van der Waals surface area contributed by atoms with E-state index in [-0.39, 0.29) is 18.6 Å². The molecule has 2 aromatic carbocycles. The fourth-order valence-corrected chi connectivity index (χ4v) is 4.87. The van der Waals surface area contributed by atoms with Gasteiger partial charge in [0, 0.05) is 30.1 Å². The smallest absolute Gasteiger partial charge is 0.261 e. The molecule has 1 aliphatic rings. The molecule has 1 aliphatic heterocycles. The lowest BCUT2D eigenvalue weighted by Gasteiger charge is -2.31. The fraction of sp³-hybridized carbons (Fsp3) is 0.286. The summed E-state index contributed by atoms with van der Waals surface area (Å²) in [4.78, 5) is 23.6. The van der Waals surface area contributed by atoms with Gasteiger partial charge >= 0.3 is 0 Å². The minimum atomic E-state index is -0.400. The summed E-state index contributed by atoms with van der Waals surface area (Å²) in [5.74, 6) is 1.48. The zero-order valence-electron chi connectivity index (χ0n) is 21.3. The van der Waals surface area contributed by atoms with E-state index in [0.717, 1.165) is 22.4 Å². The summed E-state index contributed by atoms with van der Waals surface area (Å²) < 4.78 is 5.41.